The highest BCUT2D eigenvalue weighted by Gasteiger charge is 2.35. The van der Waals surface area contributed by atoms with Gasteiger partial charge in [0.2, 0.25) is 0 Å². The zero-order valence-electron chi connectivity index (χ0n) is 11.2. The third kappa shape index (κ3) is 3.06. The molecule has 0 aromatic heterocycles. The minimum atomic E-state index is -1.34. The molecule has 2 rings (SSSR count). The molecule has 0 spiro atoms. The van der Waals surface area contributed by atoms with Gasteiger partial charge in [0.25, 0.3) is 12.0 Å². The number of benzene rings is 1. The molecule has 1 aromatic carbocycles. The Balaban J connectivity index is 2.08. The van der Waals surface area contributed by atoms with Crippen LogP contribution in [0.25, 0.3) is 0 Å². The summed E-state index contributed by atoms with van der Waals surface area (Å²) in [6.07, 6.45) is 0.185. The highest BCUT2D eigenvalue weighted by atomic mass is 17.0. The van der Waals surface area contributed by atoms with Crippen LogP contribution in [0.2, 0.25) is 0 Å². The van der Waals surface area contributed by atoms with E-state index in [1.165, 1.54) is 12.1 Å². The van der Waals surface area contributed by atoms with Gasteiger partial charge in [-0.3, -0.25) is 0 Å². The van der Waals surface area contributed by atoms with Crippen LogP contribution >= 0.6 is 0 Å². The van der Waals surface area contributed by atoms with Crippen LogP contribution in [0.4, 0.5) is 11.4 Å². The van der Waals surface area contributed by atoms with E-state index >= 15 is 0 Å². The molecule has 1 aliphatic rings. The lowest BCUT2D eigenvalue weighted by Crippen LogP contribution is -2.58. The molecule has 0 saturated heterocycles. The molecule has 0 saturated carbocycles. The summed E-state index contributed by atoms with van der Waals surface area (Å²) in [5, 5.41) is 36.8. The Morgan fingerprint density at radius 1 is 1.50 bits per heavy atom. The smallest absolute Gasteiger partial charge is 0.294 e. The van der Waals surface area contributed by atoms with Crippen molar-refractivity contribution < 1.29 is 14.7 Å². The van der Waals surface area contributed by atoms with Crippen LogP contribution in [0.15, 0.2) is 24.3 Å². The fourth-order valence-electron chi connectivity index (χ4n) is 1.83. The van der Waals surface area contributed by atoms with Crippen LogP contribution in [0, 0.1) is 10.4 Å². The number of rotatable bonds is 6. The largest absolute Gasteiger partial charge is 0.710 e. The van der Waals surface area contributed by atoms with Gasteiger partial charge in [-0.25, -0.2) is 4.74 Å². The van der Waals surface area contributed by atoms with E-state index < -0.39 is 11.0 Å². The van der Waals surface area contributed by atoms with E-state index in [1.54, 1.807) is 12.1 Å². The van der Waals surface area contributed by atoms with Gasteiger partial charge in [-0.1, -0.05) is 24.5 Å². The number of likely N-dealkylation sites (N-methyl/N-ethyl adjacent to an activating group) is 1. The van der Waals surface area contributed by atoms with Gasteiger partial charge in [0.15, 0.2) is 5.69 Å². The Hall–Kier alpha value is -1.71. The Morgan fingerprint density at radius 2 is 2.25 bits per heavy atom. The fraction of sp³-hybridized carbons (Fsp3) is 0.417. The van der Waals surface area contributed by atoms with E-state index in [-0.39, 0.29) is 18.0 Å². The molecule has 8 nitrogen and oxygen atoms in total. The molecule has 1 heterocycles. The maximum atomic E-state index is 12.5. The molecule has 0 aliphatic carbocycles. The van der Waals surface area contributed by atoms with Crippen LogP contribution in [0.1, 0.15) is 6.92 Å². The molecule has 0 fully saturated rings. The van der Waals surface area contributed by atoms with E-state index in [0.717, 1.165) is 6.34 Å². The quantitative estimate of drug-likeness (QED) is 0.388. The van der Waals surface area contributed by atoms with Gasteiger partial charge in [-0.05, 0) is 17.5 Å². The molecule has 0 amide bonds. The lowest BCUT2D eigenvalue weighted by atomic mass is 10.2. The van der Waals surface area contributed by atoms with Crippen molar-refractivity contribution in [2.75, 3.05) is 19.7 Å². The summed E-state index contributed by atoms with van der Waals surface area (Å²) < 4.78 is 0.558. The summed E-state index contributed by atoms with van der Waals surface area (Å²) >= 11 is 0. The number of quaternary nitrogens is 1. The minimum Gasteiger partial charge on any atom is -0.710 e. The van der Waals surface area contributed by atoms with Crippen LogP contribution < -0.4 is 15.7 Å². The first-order valence-corrected chi connectivity index (χ1v) is 6.37. The number of fused-ring (bicyclic) bond motifs is 1. The minimum absolute atomic E-state index is 0.139. The summed E-state index contributed by atoms with van der Waals surface area (Å²) in [6, 6.07) is 6.34. The van der Waals surface area contributed by atoms with E-state index in [4.69, 9.17) is 4.84 Å². The maximum absolute atomic E-state index is 12.5. The molecule has 1 aromatic rings. The van der Waals surface area contributed by atoms with Gasteiger partial charge in [-0.2, -0.15) is 4.84 Å². The lowest BCUT2D eigenvalue weighted by molar-refractivity contribution is -0.368. The van der Waals surface area contributed by atoms with Gasteiger partial charge in [0.1, 0.15) is 6.61 Å². The van der Waals surface area contributed by atoms with Gasteiger partial charge in [0, 0.05) is 12.6 Å². The standard InChI is InChI=1S/C12H18N4O4/c1-2-13-7-10(17)8-20-16(19)12-6-4-3-5-11(12)15(18)9-14-16/h3-6,9-10,13-14,17H,2,7-8H2,1H3. The van der Waals surface area contributed by atoms with Crippen molar-refractivity contribution in [3.8, 4) is 0 Å². The lowest BCUT2D eigenvalue weighted by Gasteiger charge is -2.35. The van der Waals surface area contributed by atoms with E-state index in [9.17, 15) is 15.5 Å². The molecular weight excluding hydrogens is 264 g/mol. The van der Waals surface area contributed by atoms with Gasteiger partial charge >= 0.3 is 0 Å². The molecular formula is C12H18N4O4. The third-order valence-corrected chi connectivity index (χ3v) is 2.86. The Bertz CT molecular complexity index is 496. The number of para-hydroxylation sites is 2. The van der Waals surface area contributed by atoms with E-state index in [1.807, 2.05) is 6.92 Å². The first-order chi connectivity index (χ1) is 9.57. The van der Waals surface area contributed by atoms with Crippen LogP contribution in [-0.2, 0) is 4.84 Å². The zero-order valence-corrected chi connectivity index (χ0v) is 11.2. The molecule has 0 bridgehead atoms. The van der Waals surface area contributed by atoms with Crippen molar-refractivity contribution in [3.05, 3.63) is 34.7 Å². The first-order valence-electron chi connectivity index (χ1n) is 6.37. The predicted molar refractivity (Wildman–Crippen MR) is 74.6 cm³/mol. The molecule has 110 valence electrons. The second kappa shape index (κ2) is 6.16. The SMILES string of the molecule is CCNCC(O)CO[N+]1([O-])NC=[N+]([O-])c2ccccc21. The van der Waals surface area contributed by atoms with E-state index in [2.05, 4.69) is 10.7 Å². The first kappa shape index (κ1) is 14.7. The summed E-state index contributed by atoms with van der Waals surface area (Å²) in [5.74, 6) is 0. The number of nitrogens with one attached hydrogen (secondary N) is 2. The molecule has 3 N–H and O–H groups in total. The fourth-order valence-corrected chi connectivity index (χ4v) is 1.83. The van der Waals surface area contributed by atoms with Crippen molar-refractivity contribution in [3.63, 3.8) is 0 Å². The van der Waals surface area contributed by atoms with Gasteiger partial charge in [-0.15, -0.1) is 0 Å². The molecule has 0 radical (unpaired) electrons. The van der Waals surface area contributed by atoms with Gasteiger partial charge in [0.05, 0.1) is 6.10 Å². The average molecular weight is 282 g/mol. The molecule has 8 heteroatoms. The molecule has 20 heavy (non-hydrogen) atoms. The summed E-state index contributed by atoms with van der Waals surface area (Å²) in [4.78, 5) is 3.85. The Kier molecular flexibility index (Phi) is 4.53. The van der Waals surface area contributed by atoms with Crippen molar-refractivity contribution in [1.82, 2.24) is 15.7 Å². The molecule has 1 aliphatic heterocycles. The van der Waals surface area contributed by atoms with Crippen molar-refractivity contribution in [1.29, 1.82) is 0 Å². The van der Waals surface area contributed by atoms with Crippen LogP contribution in [0.3, 0.4) is 0 Å². The van der Waals surface area contributed by atoms with Crippen LogP contribution in [0.5, 0.6) is 0 Å². The Morgan fingerprint density at radius 3 is 3.00 bits per heavy atom. The topological polar surface area (TPSA) is 103 Å². The zero-order chi connectivity index (χ0) is 14.6. The van der Waals surface area contributed by atoms with Crippen LogP contribution in [-0.4, -0.2) is 42.0 Å². The third-order valence-electron chi connectivity index (χ3n) is 2.86. The highest BCUT2D eigenvalue weighted by Crippen LogP contribution is 2.33. The van der Waals surface area contributed by atoms with Gasteiger partial charge < -0.3 is 20.8 Å². The van der Waals surface area contributed by atoms with Crippen molar-refractivity contribution in [2.45, 2.75) is 13.0 Å². The summed E-state index contributed by atoms with van der Waals surface area (Å²) in [6.45, 7) is 2.80. The monoisotopic (exact) mass is 282 g/mol. The normalized spacial score (nSPS) is 22.6. The average Bonchev–Trinajstić information content (AvgIpc) is 2.47. The number of hydrogen-bond acceptors (Lipinski definition) is 6. The molecule has 2 atom stereocenters. The van der Waals surface area contributed by atoms with Crippen molar-refractivity contribution >= 4 is 17.7 Å². The second-order valence-electron chi connectivity index (χ2n) is 4.38. The second-order valence-corrected chi connectivity index (χ2v) is 4.38. The number of hydrogen-bond donors (Lipinski definition) is 3. The predicted octanol–water partition coefficient (Wildman–Crippen LogP) is 0.0820. The number of nitrogens with zero attached hydrogens (tertiary/aromatic N) is 2. The summed E-state index contributed by atoms with van der Waals surface area (Å²) in [5.41, 5.74) is 2.68. The number of aliphatic hydroxyl groups excluding tert-OH is 1. The highest BCUT2D eigenvalue weighted by molar-refractivity contribution is 5.68. The Labute approximate surface area is 116 Å². The molecule has 2 unspecified atom stereocenters. The van der Waals surface area contributed by atoms with E-state index in [0.29, 0.717) is 17.8 Å². The number of aliphatic hydroxyl groups is 1. The maximum Gasteiger partial charge on any atom is 0.294 e. The summed E-state index contributed by atoms with van der Waals surface area (Å²) in [7, 11) is 0. The van der Waals surface area contributed by atoms with Crippen molar-refractivity contribution in [2.24, 2.45) is 0 Å².